The van der Waals surface area contributed by atoms with Gasteiger partial charge in [0.2, 0.25) is 0 Å². The molecular formula is C13H19ClN2O. The number of carbonyl (C=O) groups excluding carboxylic acids is 1. The Morgan fingerprint density at radius 1 is 1.35 bits per heavy atom. The molecule has 1 unspecified atom stereocenters. The fraction of sp³-hybridized carbons (Fsp3) is 0.538. The lowest BCUT2D eigenvalue weighted by Crippen LogP contribution is -2.35. The number of likely N-dealkylation sites (N-methyl/N-ethyl adjacent to an activating group) is 1. The average Bonchev–Trinajstić information content (AvgIpc) is 2.19. The van der Waals surface area contributed by atoms with Crippen LogP contribution in [0.15, 0.2) is 18.3 Å². The Bertz CT molecular complexity index is 393. The molecular weight excluding hydrogens is 236 g/mol. The molecule has 1 heterocycles. The van der Waals surface area contributed by atoms with Crippen LogP contribution in [0.2, 0.25) is 5.15 Å². The summed E-state index contributed by atoms with van der Waals surface area (Å²) in [6.07, 6.45) is 1.66. The maximum absolute atomic E-state index is 12.4. The first-order chi connectivity index (χ1) is 7.73. The highest BCUT2D eigenvalue weighted by atomic mass is 35.5. The molecule has 1 atom stereocenters. The standard InChI is InChI=1S/C13H19ClN2O/c1-13(2,3)12(17)11(16(4)5)9-6-7-10(14)15-8-9/h6-8,11H,1-5H3. The van der Waals surface area contributed by atoms with Crippen molar-refractivity contribution in [3.05, 3.63) is 29.0 Å². The van der Waals surface area contributed by atoms with Crippen molar-refractivity contribution in [1.29, 1.82) is 0 Å². The van der Waals surface area contributed by atoms with Crippen molar-refractivity contribution in [2.75, 3.05) is 14.1 Å². The fourth-order valence-corrected chi connectivity index (χ4v) is 1.75. The number of nitrogens with zero attached hydrogens (tertiary/aromatic N) is 2. The summed E-state index contributed by atoms with van der Waals surface area (Å²) in [5, 5.41) is 0.439. The zero-order valence-electron chi connectivity index (χ0n) is 11.0. The molecule has 1 aromatic rings. The molecule has 0 aliphatic rings. The number of rotatable bonds is 3. The van der Waals surface area contributed by atoms with Gasteiger partial charge in [-0.3, -0.25) is 9.69 Å². The van der Waals surface area contributed by atoms with E-state index in [-0.39, 0.29) is 17.2 Å². The van der Waals surface area contributed by atoms with Crippen molar-refractivity contribution in [2.24, 2.45) is 5.41 Å². The summed E-state index contributed by atoms with van der Waals surface area (Å²) in [4.78, 5) is 18.3. The van der Waals surface area contributed by atoms with E-state index in [4.69, 9.17) is 11.6 Å². The Labute approximate surface area is 108 Å². The van der Waals surface area contributed by atoms with Crippen molar-refractivity contribution in [3.63, 3.8) is 0 Å². The quantitative estimate of drug-likeness (QED) is 0.778. The highest BCUT2D eigenvalue weighted by Crippen LogP contribution is 2.28. The summed E-state index contributed by atoms with van der Waals surface area (Å²) < 4.78 is 0. The van der Waals surface area contributed by atoms with Crippen LogP contribution < -0.4 is 0 Å². The fourth-order valence-electron chi connectivity index (χ4n) is 1.64. The molecule has 0 aliphatic heterocycles. The predicted molar refractivity (Wildman–Crippen MR) is 70.1 cm³/mol. The predicted octanol–water partition coefficient (Wildman–Crippen LogP) is 2.95. The molecule has 17 heavy (non-hydrogen) atoms. The maximum atomic E-state index is 12.4. The van der Waals surface area contributed by atoms with E-state index >= 15 is 0 Å². The summed E-state index contributed by atoms with van der Waals surface area (Å²) in [5.41, 5.74) is 0.494. The number of carbonyl (C=O) groups is 1. The van der Waals surface area contributed by atoms with Crippen LogP contribution in [0.3, 0.4) is 0 Å². The number of ketones is 1. The second kappa shape index (κ2) is 5.15. The Kier molecular flexibility index (Phi) is 4.28. The molecule has 0 saturated heterocycles. The van der Waals surface area contributed by atoms with Gasteiger partial charge in [0.15, 0.2) is 5.78 Å². The second-order valence-corrected chi connectivity index (χ2v) is 5.78. The van der Waals surface area contributed by atoms with E-state index in [0.29, 0.717) is 5.15 Å². The molecule has 0 aliphatic carbocycles. The molecule has 0 spiro atoms. The van der Waals surface area contributed by atoms with Gasteiger partial charge >= 0.3 is 0 Å². The van der Waals surface area contributed by atoms with Crippen LogP contribution in [0, 0.1) is 5.41 Å². The number of Topliss-reactive ketones (excluding diaryl/α,β-unsaturated/α-hetero) is 1. The van der Waals surface area contributed by atoms with Crippen molar-refractivity contribution >= 4 is 17.4 Å². The first-order valence-corrected chi connectivity index (χ1v) is 5.93. The lowest BCUT2D eigenvalue weighted by atomic mass is 9.84. The molecule has 0 bridgehead atoms. The van der Waals surface area contributed by atoms with E-state index in [2.05, 4.69) is 4.98 Å². The summed E-state index contributed by atoms with van der Waals surface area (Å²) in [7, 11) is 3.78. The van der Waals surface area contributed by atoms with Gasteiger partial charge in [-0.15, -0.1) is 0 Å². The molecule has 0 aromatic carbocycles. The van der Waals surface area contributed by atoms with Gasteiger partial charge in [-0.05, 0) is 25.7 Å². The maximum Gasteiger partial charge on any atom is 0.159 e. The second-order valence-electron chi connectivity index (χ2n) is 5.39. The van der Waals surface area contributed by atoms with E-state index in [9.17, 15) is 4.79 Å². The van der Waals surface area contributed by atoms with Crippen molar-refractivity contribution in [1.82, 2.24) is 9.88 Å². The molecule has 4 heteroatoms. The largest absolute Gasteiger partial charge is 0.297 e. The third-order valence-corrected chi connectivity index (χ3v) is 2.79. The highest BCUT2D eigenvalue weighted by molar-refractivity contribution is 6.29. The van der Waals surface area contributed by atoms with E-state index < -0.39 is 0 Å². The Hall–Kier alpha value is -0.930. The minimum atomic E-state index is -0.380. The average molecular weight is 255 g/mol. The Morgan fingerprint density at radius 3 is 2.29 bits per heavy atom. The molecule has 3 nitrogen and oxygen atoms in total. The molecule has 0 amide bonds. The van der Waals surface area contributed by atoms with Crippen LogP contribution in [0.25, 0.3) is 0 Å². The van der Waals surface area contributed by atoms with Crippen LogP contribution in [-0.2, 0) is 4.79 Å². The zero-order chi connectivity index (χ0) is 13.2. The van der Waals surface area contributed by atoms with Gasteiger partial charge < -0.3 is 0 Å². The van der Waals surface area contributed by atoms with Gasteiger partial charge in [-0.2, -0.15) is 0 Å². The van der Waals surface area contributed by atoms with Gasteiger partial charge in [0.25, 0.3) is 0 Å². The highest BCUT2D eigenvalue weighted by Gasteiger charge is 2.32. The van der Waals surface area contributed by atoms with Crippen molar-refractivity contribution in [3.8, 4) is 0 Å². The minimum Gasteiger partial charge on any atom is -0.297 e. The first-order valence-electron chi connectivity index (χ1n) is 5.55. The number of aromatic nitrogens is 1. The van der Waals surface area contributed by atoms with Crippen LogP contribution in [0.1, 0.15) is 32.4 Å². The molecule has 0 fully saturated rings. The van der Waals surface area contributed by atoms with E-state index in [1.54, 1.807) is 12.3 Å². The number of pyridine rings is 1. The summed E-state index contributed by atoms with van der Waals surface area (Å²) in [6.45, 7) is 5.78. The van der Waals surface area contributed by atoms with E-state index in [1.807, 2.05) is 45.8 Å². The van der Waals surface area contributed by atoms with Crippen molar-refractivity contribution in [2.45, 2.75) is 26.8 Å². The number of hydrogen-bond donors (Lipinski definition) is 0. The molecule has 1 rings (SSSR count). The minimum absolute atomic E-state index is 0.173. The van der Waals surface area contributed by atoms with Gasteiger partial charge in [0.1, 0.15) is 5.15 Å². The normalized spacial score (nSPS) is 13.8. The van der Waals surface area contributed by atoms with Crippen molar-refractivity contribution < 1.29 is 4.79 Å². The number of halogens is 1. The van der Waals surface area contributed by atoms with Gasteiger partial charge in [-0.1, -0.05) is 38.4 Å². The third kappa shape index (κ3) is 3.51. The molecule has 0 saturated carbocycles. The van der Waals surface area contributed by atoms with Gasteiger partial charge in [0.05, 0.1) is 6.04 Å². The molecule has 0 N–H and O–H groups in total. The first kappa shape index (κ1) is 14.1. The Balaban J connectivity index is 3.10. The Morgan fingerprint density at radius 2 is 1.94 bits per heavy atom. The van der Waals surface area contributed by atoms with E-state index in [0.717, 1.165) is 5.56 Å². The van der Waals surface area contributed by atoms with Gasteiger partial charge in [0, 0.05) is 11.6 Å². The third-order valence-electron chi connectivity index (χ3n) is 2.57. The van der Waals surface area contributed by atoms with Crippen LogP contribution in [0.5, 0.6) is 0 Å². The number of hydrogen-bond acceptors (Lipinski definition) is 3. The van der Waals surface area contributed by atoms with E-state index in [1.165, 1.54) is 0 Å². The molecule has 94 valence electrons. The van der Waals surface area contributed by atoms with Crippen LogP contribution >= 0.6 is 11.6 Å². The monoisotopic (exact) mass is 254 g/mol. The lowest BCUT2D eigenvalue weighted by Gasteiger charge is -2.29. The van der Waals surface area contributed by atoms with Gasteiger partial charge in [-0.25, -0.2) is 4.98 Å². The smallest absolute Gasteiger partial charge is 0.159 e. The molecule has 0 radical (unpaired) electrons. The lowest BCUT2D eigenvalue weighted by molar-refractivity contribution is -0.131. The summed E-state index contributed by atoms with van der Waals surface area (Å²) in [5.74, 6) is 0.173. The summed E-state index contributed by atoms with van der Waals surface area (Å²) in [6, 6.07) is 3.28. The van der Waals surface area contributed by atoms with Crippen LogP contribution in [0.4, 0.5) is 0 Å². The molecule has 1 aromatic heterocycles. The van der Waals surface area contributed by atoms with Crippen LogP contribution in [-0.4, -0.2) is 29.8 Å². The topological polar surface area (TPSA) is 33.2 Å². The summed E-state index contributed by atoms with van der Waals surface area (Å²) >= 11 is 5.76. The SMILES string of the molecule is CN(C)C(C(=O)C(C)(C)C)c1ccc(Cl)nc1. The zero-order valence-corrected chi connectivity index (χ0v) is 11.7.